The van der Waals surface area contributed by atoms with Gasteiger partial charge in [0.1, 0.15) is 6.10 Å². The van der Waals surface area contributed by atoms with Crippen molar-refractivity contribution in [2.45, 2.75) is 50.9 Å². The average Bonchev–Trinajstić information content (AvgIpc) is 2.14. The Balaban J connectivity index is 1.80. The maximum Gasteiger partial charge on any atom is 0.105 e. The first-order valence-electron chi connectivity index (χ1n) is 5.71. The molecular weight excluding hydrogens is 180 g/mol. The summed E-state index contributed by atoms with van der Waals surface area (Å²) < 4.78 is 10.9. The molecule has 0 bridgehead atoms. The second-order valence-electron chi connectivity index (χ2n) is 4.49. The lowest BCUT2D eigenvalue weighted by Gasteiger charge is -2.37. The van der Waals surface area contributed by atoms with Crippen LogP contribution in [0, 0.1) is 5.92 Å². The Morgan fingerprint density at radius 1 is 1.36 bits per heavy atom. The standard InChI is InChI=1S/C11H20O3/c1-2-8-3-4-10(12)11(5-8)14-9-6-13-7-9/h8-12H,2-7H2,1H3. The van der Waals surface area contributed by atoms with Crippen molar-refractivity contribution in [1.82, 2.24) is 0 Å². The average molecular weight is 200 g/mol. The topological polar surface area (TPSA) is 38.7 Å². The Bertz CT molecular complexity index is 177. The lowest BCUT2D eigenvalue weighted by molar-refractivity contribution is -0.186. The molecule has 1 heterocycles. The summed E-state index contributed by atoms with van der Waals surface area (Å²) in [4.78, 5) is 0. The Hall–Kier alpha value is -0.120. The zero-order valence-electron chi connectivity index (χ0n) is 8.82. The van der Waals surface area contributed by atoms with E-state index < -0.39 is 0 Å². The van der Waals surface area contributed by atoms with Crippen LogP contribution >= 0.6 is 0 Å². The molecule has 1 saturated carbocycles. The number of aliphatic hydroxyl groups excluding tert-OH is 1. The molecule has 2 fully saturated rings. The number of aliphatic hydroxyl groups is 1. The van der Waals surface area contributed by atoms with Gasteiger partial charge < -0.3 is 14.6 Å². The van der Waals surface area contributed by atoms with Crippen molar-refractivity contribution in [1.29, 1.82) is 0 Å². The zero-order chi connectivity index (χ0) is 9.97. The molecule has 1 N–H and O–H groups in total. The maximum atomic E-state index is 9.78. The van der Waals surface area contributed by atoms with Gasteiger partial charge in [-0.1, -0.05) is 13.3 Å². The van der Waals surface area contributed by atoms with Gasteiger partial charge >= 0.3 is 0 Å². The molecule has 1 aliphatic carbocycles. The van der Waals surface area contributed by atoms with Crippen LogP contribution < -0.4 is 0 Å². The van der Waals surface area contributed by atoms with E-state index in [9.17, 15) is 5.11 Å². The van der Waals surface area contributed by atoms with Crippen molar-refractivity contribution in [2.24, 2.45) is 5.92 Å². The predicted molar refractivity (Wildman–Crippen MR) is 53.1 cm³/mol. The Morgan fingerprint density at radius 2 is 2.14 bits per heavy atom. The van der Waals surface area contributed by atoms with E-state index in [0.717, 1.165) is 25.2 Å². The molecular formula is C11H20O3. The smallest absolute Gasteiger partial charge is 0.105 e. The van der Waals surface area contributed by atoms with Crippen LogP contribution in [0.1, 0.15) is 32.6 Å². The van der Waals surface area contributed by atoms with Gasteiger partial charge in [-0.3, -0.25) is 0 Å². The van der Waals surface area contributed by atoms with Crippen molar-refractivity contribution < 1.29 is 14.6 Å². The van der Waals surface area contributed by atoms with Crippen molar-refractivity contribution in [3.05, 3.63) is 0 Å². The van der Waals surface area contributed by atoms with E-state index in [1.54, 1.807) is 0 Å². The summed E-state index contributed by atoms with van der Waals surface area (Å²) in [6, 6.07) is 0. The largest absolute Gasteiger partial charge is 0.390 e. The summed E-state index contributed by atoms with van der Waals surface area (Å²) in [5.74, 6) is 0.740. The minimum absolute atomic E-state index is 0.0580. The number of hydrogen-bond acceptors (Lipinski definition) is 3. The summed E-state index contributed by atoms with van der Waals surface area (Å²) in [6.07, 6.45) is 4.32. The fourth-order valence-corrected chi connectivity index (χ4v) is 2.25. The number of ether oxygens (including phenoxy) is 2. The summed E-state index contributed by atoms with van der Waals surface area (Å²) in [7, 11) is 0. The van der Waals surface area contributed by atoms with Crippen molar-refractivity contribution in [2.75, 3.05) is 13.2 Å². The van der Waals surface area contributed by atoms with Gasteiger partial charge in [-0.15, -0.1) is 0 Å². The first-order chi connectivity index (χ1) is 6.79. The molecule has 2 aliphatic rings. The second kappa shape index (κ2) is 4.60. The fourth-order valence-electron chi connectivity index (χ4n) is 2.25. The van der Waals surface area contributed by atoms with Gasteiger partial charge in [-0.2, -0.15) is 0 Å². The quantitative estimate of drug-likeness (QED) is 0.747. The van der Waals surface area contributed by atoms with Crippen molar-refractivity contribution in [3.8, 4) is 0 Å². The third-order valence-electron chi connectivity index (χ3n) is 3.42. The molecule has 0 aromatic heterocycles. The molecule has 2 rings (SSSR count). The van der Waals surface area contributed by atoms with E-state index in [2.05, 4.69) is 6.92 Å². The van der Waals surface area contributed by atoms with Gasteiger partial charge in [-0.05, 0) is 25.2 Å². The van der Waals surface area contributed by atoms with Gasteiger partial charge in [-0.25, -0.2) is 0 Å². The molecule has 3 nitrogen and oxygen atoms in total. The van der Waals surface area contributed by atoms with Crippen molar-refractivity contribution in [3.63, 3.8) is 0 Å². The molecule has 0 radical (unpaired) electrons. The highest BCUT2D eigenvalue weighted by atomic mass is 16.6. The Morgan fingerprint density at radius 3 is 2.71 bits per heavy atom. The molecule has 1 aliphatic heterocycles. The minimum Gasteiger partial charge on any atom is -0.390 e. The van der Waals surface area contributed by atoms with Crippen LogP contribution in [0.3, 0.4) is 0 Å². The van der Waals surface area contributed by atoms with Crippen LogP contribution in [0.5, 0.6) is 0 Å². The lowest BCUT2D eigenvalue weighted by atomic mass is 9.84. The molecule has 0 spiro atoms. The Labute approximate surface area is 85.4 Å². The van der Waals surface area contributed by atoms with Crippen LogP contribution in [0.15, 0.2) is 0 Å². The van der Waals surface area contributed by atoms with E-state index in [-0.39, 0.29) is 18.3 Å². The third kappa shape index (κ3) is 2.27. The fraction of sp³-hybridized carbons (Fsp3) is 1.00. The lowest BCUT2D eigenvalue weighted by Crippen LogP contribution is -2.45. The van der Waals surface area contributed by atoms with E-state index in [4.69, 9.17) is 9.47 Å². The highest BCUT2D eigenvalue weighted by Gasteiger charge is 2.32. The van der Waals surface area contributed by atoms with Crippen molar-refractivity contribution >= 4 is 0 Å². The third-order valence-corrected chi connectivity index (χ3v) is 3.42. The molecule has 3 heteroatoms. The first-order valence-corrected chi connectivity index (χ1v) is 5.71. The van der Waals surface area contributed by atoms with E-state index in [1.807, 2.05) is 0 Å². The van der Waals surface area contributed by atoms with Crippen LogP contribution in [-0.2, 0) is 9.47 Å². The van der Waals surface area contributed by atoms with Gasteiger partial charge in [0, 0.05) is 0 Å². The maximum absolute atomic E-state index is 9.78. The van der Waals surface area contributed by atoms with Gasteiger partial charge in [0.15, 0.2) is 0 Å². The second-order valence-corrected chi connectivity index (χ2v) is 4.49. The van der Waals surface area contributed by atoms with Gasteiger partial charge in [0.2, 0.25) is 0 Å². The molecule has 1 saturated heterocycles. The summed E-state index contributed by atoms with van der Waals surface area (Å²) in [6.45, 7) is 3.63. The van der Waals surface area contributed by atoms with Crippen LogP contribution in [0.4, 0.5) is 0 Å². The monoisotopic (exact) mass is 200 g/mol. The van der Waals surface area contributed by atoms with Crippen LogP contribution in [0.2, 0.25) is 0 Å². The molecule has 3 atom stereocenters. The zero-order valence-corrected chi connectivity index (χ0v) is 8.82. The Kier molecular flexibility index (Phi) is 3.42. The molecule has 3 unspecified atom stereocenters. The molecule has 0 amide bonds. The number of rotatable bonds is 3. The molecule has 0 aromatic carbocycles. The SMILES string of the molecule is CCC1CCC(O)C(OC2COC2)C1. The van der Waals surface area contributed by atoms with E-state index in [0.29, 0.717) is 13.2 Å². The number of hydrogen-bond donors (Lipinski definition) is 1. The minimum atomic E-state index is -0.251. The summed E-state index contributed by atoms with van der Waals surface area (Å²) in [5, 5.41) is 9.78. The summed E-state index contributed by atoms with van der Waals surface area (Å²) >= 11 is 0. The highest BCUT2D eigenvalue weighted by molar-refractivity contribution is 4.82. The normalized spacial score (nSPS) is 39.4. The van der Waals surface area contributed by atoms with Gasteiger partial charge in [0.05, 0.1) is 25.4 Å². The summed E-state index contributed by atoms with van der Waals surface area (Å²) in [5.41, 5.74) is 0. The molecule has 82 valence electrons. The first kappa shape index (κ1) is 10.4. The van der Waals surface area contributed by atoms with E-state index >= 15 is 0 Å². The predicted octanol–water partition coefficient (Wildman–Crippen LogP) is 1.34. The highest BCUT2D eigenvalue weighted by Crippen LogP contribution is 2.30. The van der Waals surface area contributed by atoms with E-state index in [1.165, 1.54) is 6.42 Å². The van der Waals surface area contributed by atoms with Gasteiger partial charge in [0.25, 0.3) is 0 Å². The molecule has 14 heavy (non-hydrogen) atoms. The van der Waals surface area contributed by atoms with Crippen LogP contribution in [-0.4, -0.2) is 36.6 Å². The molecule has 0 aromatic rings. The van der Waals surface area contributed by atoms with Crippen LogP contribution in [0.25, 0.3) is 0 Å².